The first-order chi connectivity index (χ1) is 7.47. The van der Waals surface area contributed by atoms with Crippen molar-refractivity contribution in [2.45, 2.75) is 65.3 Å². The molecule has 2 nitrogen and oxygen atoms in total. The molecular formula is C14H25NO. The third-order valence-electron chi connectivity index (χ3n) is 4.25. The zero-order valence-corrected chi connectivity index (χ0v) is 10.9. The SMILES string of the molecule is CC(C)(C)C1CCC(C(=O)NC2CC2)CC1. The van der Waals surface area contributed by atoms with Crippen LogP contribution in [0.5, 0.6) is 0 Å². The van der Waals surface area contributed by atoms with Crippen LogP contribution in [0, 0.1) is 17.3 Å². The lowest BCUT2D eigenvalue weighted by Crippen LogP contribution is -2.36. The summed E-state index contributed by atoms with van der Waals surface area (Å²) in [5.41, 5.74) is 0.415. The van der Waals surface area contributed by atoms with E-state index in [9.17, 15) is 4.79 Å². The van der Waals surface area contributed by atoms with Gasteiger partial charge in [-0.15, -0.1) is 0 Å². The summed E-state index contributed by atoms with van der Waals surface area (Å²) in [4.78, 5) is 11.9. The standard InChI is InChI=1S/C14H25NO/c1-14(2,3)11-6-4-10(5-7-11)13(16)15-12-8-9-12/h10-12H,4-9H2,1-3H3,(H,15,16). The van der Waals surface area contributed by atoms with Crippen molar-refractivity contribution in [3.8, 4) is 0 Å². The minimum absolute atomic E-state index is 0.305. The predicted molar refractivity (Wildman–Crippen MR) is 66.1 cm³/mol. The minimum Gasteiger partial charge on any atom is -0.353 e. The van der Waals surface area contributed by atoms with Crippen molar-refractivity contribution in [3.05, 3.63) is 0 Å². The normalized spacial score (nSPS) is 31.2. The van der Waals surface area contributed by atoms with E-state index < -0.39 is 0 Å². The fourth-order valence-electron chi connectivity index (χ4n) is 2.77. The molecule has 2 aliphatic carbocycles. The van der Waals surface area contributed by atoms with Crippen LogP contribution in [0.2, 0.25) is 0 Å². The number of hydrogen-bond donors (Lipinski definition) is 1. The van der Waals surface area contributed by atoms with Gasteiger partial charge in [0.15, 0.2) is 0 Å². The van der Waals surface area contributed by atoms with Crippen molar-refractivity contribution < 1.29 is 4.79 Å². The lowest BCUT2D eigenvalue weighted by molar-refractivity contribution is -0.126. The van der Waals surface area contributed by atoms with Gasteiger partial charge in [0.25, 0.3) is 0 Å². The van der Waals surface area contributed by atoms with Gasteiger partial charge in [-0.1, -0.05) is 20.8 Å². The van der Waals surface area contributed by atoms with Crippen LogP contribution in [0.4, 0.5) is 0 Å². The van der Waals surface area contributed by atoms with Gasteiger partial charge in [0.05, 0.1) is 0 Å². The van der Waals surface area contributed by atoms with Crippen molar-refractivity contribution in [1.82, 2.24) is 5.32 Å². The van der Waals surface area contributed by atoms with Gasteiger partial charge in [0.2, 0.25) is 5.91 Å². The molecule has 0 saturated heterocycles. The molecule has 2 heteroatoms. The molecule has 0 aliphatic heterocycles. The van der Waals surface area contributed by atoms with E-state index in [1.165, 1.54) is 25.7 Å². The second-order valence-electron chi connectivity index (χ2n) is 6.70. The highest BCUT2D eigenvalue weighted by Crippen LogP contribution is 2.40. The molecule has 1 amide bonds. The van der Waals surface area contributed by atoms with Crippen molar-refractivity contribution in [2.75, 3.05) is 0 Å². The maximum atomic E-state index is 11.9. The van der Waals surface area contributed by atoms with E-state index in [4.69, 9.17) is 0 Å². The zero-order chi connectivity index (χ0) is 11.8. The Hall–Kier alpha value is -0.530. The number of nitrogens with one attached hydrogen (secondary N) is 1. The summed E-state index contributed by atoms with van der Waals surface area (Å²) in [5, 5.41) is 3.14. The quantitative estimate of drug-likeness (QED) is 0.765. The van der Waals surface area contributed by atoms with Crippen molar-refractivity contribution >= 4 is 5.91 Å². The Labute approximate surface area is 99.2 Å². The Morgan fingerprint density at radius 1 is 1.00 bits per heavy atom. The molecule has 16 heavy (non-hydrogen) atoms. The monoisotopic (exact) mass is 223 g/mol. The van der Waals surface area contributed by atoms with Crippen LogP contribution in [0.1, 0.15) is 59.3 Å². The molecule has 1 N–H and O–H groups in total. The average molecular weight is 223 g/mol. The van der Waals surface area contributed by atoms with Crippen LogP contribution >= 0.6 is 0 Å². The third kappa shape index (κ3) is 2.99. The fourth-order valence-corrected chi connectivity index (χ4v) is 2.77. The van der Waals surface area contributed by atoms with Gasteiger partial charge >= 0.3 is 0 Å². The first-order valence-electron chi connectivity index (χ1n) is 6.77. The van der Waals surface area contributed by atoms with E-state index in [0.717, 1.165) is 18.8 Å². The van der Waals surface area contributed by atoms with Gasteiger partial charge in [-0.25, -0.2) is 0 Å². The Kier molecular flexibility index (Phi) is 3.27. The van der Waals surface area contributed by atoms with Gasteiger partial charge in [-0.2, -0.15) is 0 Å². The summed E-state index contributed by atoms with van der Waals surface area (Å²) in [6.07, 6.45) is 7.05. The highest BCUT2D eigenvalue weighted by atomic mass is 16.2. The number of hydrogen-bond acceptors (Lipinski definition) is 1. The molecule has 2 fully saturated rings. The number of carbonyl (C=O) groups is 1. The molecule has 0 spiro atoms. The summed E-state index contributed by atoms with van der Waals surface area (Å²) in [6.45, 7) is 6.97. The molecule has 2 aliphatic rings. The highest BCUT2D eigenvalue weighted by molar-refractivity contribution is 5.79. The second kappa shape index (κ2) is 4.38. The predicted octanol–water partition coefficient (Wildman–Crippen LogP) is 3.12. The molecule has 2 saturated carbocycles. The molecule has 0 unspecified atom stereocenters. The Morgan fingerprint density at radius 2 is 1.56 bits per heavy atom. The first kappa shape index (κ1) is 11.9. The van der Waals surface area contributed by atoms with Crippen LogP contribution in [-0.2, 0) is 4.79 Å². The van der Waals surface area contributed by atoms with E-state index in [-0.39, 0.29) is 0 Å². The molecule has 0 aromatic rings. The van der Waals surface area contributed by atoms with E-state index in [2.05, 4.69) is 26.1 Å². The van der Waals surface area contributed by atoms with Crippen molar-refractivity contribution in [1.29, 1.82) is 0 Å². The zero-order valence-electron chi connectivity index (χ0n) is 10.9. The van der Waals surface area contributed by atoms with E-state index in [1.54, 1.807) is 0 Å². The maximum absolute atomic E-state index is 11.9. The van der Waals surface area contributed by atoms with Gasteiger partial charge < -0.3 is 5.32 Å². The molecule has 0 radical (unpaired) electrons. The summed E-state index contributed by atoms with van der Waals surface area (Å²) < 4.78 is 0. The Bertz CT molecular complexity index is 254. The third-order valence-corrected chi connectivity index (χ3v) is 4.25. The van der Waals surface area contributed by atoms with Crippen LogP contribution in [0.25, 0.3) is 0 Å². The summed E-state index contributed by atoms with van der Waals surface area (Å²) in [5.74, 6) is 1.44. The average Bonchev–Trinajstić information content (AvgIpc) is 3.00. The van der Waals surface area contributed by atoms with Gasteiger partial charge in [-0.3, -0.25) is 4.79 Å². The smallest absolute Gasteiger partial charge is 0.223 e. The highest BCUT2D eigenvalue weighted by Gasteiger charge is 2.34. The molecule has 2 rings (SSSR count). The van der Waals surface area contributed by atoms with Gasteiger partial charge in [0, 0.05) is 12.0 Å². The van der Waals surface area contributed by atoms with E-state index in [0.29, 0.717) is 23.3 Å². The van der Waals surface area contributed by atoms with Crippen molar-refractivity contribution in [2.24, 2.45) is 17.3 Å². The van der Waals surface area contributed by atoms with Crippen LogP contribution in [0.3, 0.4) is 0 Å². The molecule has 0 aromatic carbocycles. The molecule has 0 atom stereocenters. The molecule has 92 valence electrons. The molecule has 0 heterocycles. The molecule has 0 aromatic heterocycles. The number of amides is 1. The van der Waals surface area contributed by atoms with Crippen LogP contribution in [0.15, 0.2) is 0 Å². The van der Waals surface area contributed by atoms with Gasteiger partial charge in [-0.05, 0) is 49.9 Å². The summed E-state index contributed by atoms with van der Waals surface area (Å²) in [7, 11) is 0. The van der Waals surface area contributed by atoms with E-state index in [1.807, 2.05) is 0 Å². The summed E-state index contributed by atoms with van der Waals surface area (Å²) in [6, 6.07) is 0.521. The topological polar surface area (TPSA) is 29.1 Å². The maximum Gasteiger partial charge on any atom is 0.223 e. The molecular weight excluding hydrogens is 198 g/mol. The van der Waals surface area contributed by atoms with Crippen LogP contribution < -0.4 is 5.32 Å². The number of carbonyl (C=O) groups excluding carboxylic acids is 1. The largest absolute Gasteiger partial charge is 0.353 e. The van der Waals surface area contributed by atoms with Gasteiger partial charge in [0.1, 0.15) is 0 Å². The second-order valence-corrected chi connectivity index (χ2v) is 6.70. The minimum atomic E-state index is 0.305. The summed E-state index contributed by atoms with van der Waals surface area (Å²) >= 11 is 0. The fraction of sp³-hybridized carbons (Fsp3) is 0.929. The van der Waals surface area contributed by atoms with Crippen LogP contribution in [-0.4, -0.2) is 11.9 Å². The lowest BCUT2D eigenvalue weighted by Gasteiger charge is -2.36. The Morgan fingerprint density at radius 3 is 2.00 bits per heavy atom. The van der Waals surface area contributed by atoms with E-state index >= 15 is 0 Å². The number of rotatable bonds is 2. The Balaban J connectivity index is 1.77. The van der Waals surface area contributed by atoms with Crippen molar-refractivity contribution in [3.63, 3.8) is 0 Å². The lowest BCUT2D eigenvalue weighted by atomic mass is 9.69. The first-order valence-corrected chi connectivity index (χ1v) is 6.77. The molecule has 0 bridgehead atoms.